The average molecular weight is 429 g/mol. The van der Waals surface area contributed by atoms with Crippen LogP contribution < -0.4 is 0 Å². The lowest BCUT2D eigenvalue weighted by molar-refractivity contribution is -0.191. The minimum absolute atomic E-state index is 0.0858. The lowest BCUT2D eigenvalue weighted by atomic mass is 9.71. The van der Waals surface area contributed by atoms with Crippen LogP contribution in [0.25, 0.3) is 10.1 Å². The van der Waals surface area contributed by atoms with E-state index >= 15 is 0 Å². The smallest absolute Gasteiger partial charge is 0.288 e. The Balaban J connectivity index is 1.81. The molecular formula is C19H13Cl2F3N2S. The Hall–Kier alpha value is -1.63. The molecule has 1 aliphatic rings. The van der Waals surface area contributed by atoms with Gasteiger partial charge in [0.05, 0.1) is 15.8 Å². The van der Waals surface area contributed by atoms with Crippen molar-refractivity contribution >= 4 is 50.3 Å². The third kappa shape index (κ3) is 3.35. The topological polar surface area (TPSA) is 25.2 Å². The van der Waals surface area contributed by atoms with E-state index in [2.05, 4.69) is 9.98 Å². The van der Waals surface area contributed by atoms with Crippen LogP contribution in [0.4, 0.5) is 13.2 Å². The molecule has 0 N–H and O–H groups in total. The number of thiophene rings is 1. The second-order valence-corrected chi connectivity index (χ2v) is 8.47. The van der Waals surface area contributed by atoms with Crippen LogP contribution in [0, 0.1) is 0 Å². The van der Waals surface area contributed by atoms with Gasteiger partial charge in [-0.1, -0.05) is 23.2 Å². The number of hydrogen-bond acceptors (Lipinski definition) is 3. The number of halogens is 5. The minimum Gasteiger partial charge on any atom is -0.288 e. The normalized spacial score (nSPS) is 20.7. The van der Waals surface area contributed by atoms with E-state index in [1.165, 1.54) is 29.5 Å². The van der Waals surface area contributed by atoms with Gasteiger partial charge in [0.1, 0.15) is 0 Å². The highest BCUT2D eigenvalue weighted by molar-refractivity contribution is 7.20. The molecule has 1 atom stereocenters. The van der Waals surface area contributed by atoms with Gasteiger partial charge >= 0.3 is 6.18 Å². The first-order valence-electron chi connectivity index (χ1n) is 8.19. The fraction of sp³-hybridized carbons (Fsp3) is 0.263. The van der Waals surface area contributed by atoms with Gasteiger partial charge in [0.15, 0.2) is 0 Å². The first-order chi connectivity index (χ1) is 12.8. The number of nitrogens with zero attached hydrogens (tertiary/aromatic N) is 2. The molecule has 3 aromatic rings. The molecule has 1 unspecified atom stereocenters. The summed E-state index contributed by atoms with van der Waals surface area (Å²) in [7, 11) is 0. The molecule has 0 saturated carbocycles. The molecule has 0 spiro atoms. The first-order valence-corrected chi connectivity index (χ1v) is 9.76. The van der Waals surface area contributed by atoms with Crippen molar-refractivity contribution in [3.05, 3.63) is 63.2 Å². The largest absolute Gasteiger partial charge is 0.398 e. The van der Waals surface area contributed by atoms with E-state index in [9.17, 15) is 13.2 Å². The van der Waals surface area contributed by atoms with Crippen molar-refractivity contribution in [3.63, 3.8) is 0 Å². The highest BCUT2D eigenvalue weighted by atomic mass is 35.5. The van der Waals surface area contributed by atoms with Gasteiger partial charge in [-0.2, -0.15) is 13.2 Å². The fourth-order valence-corrected chi connectivity index (χ4v) is 5.05. The predicted octanol–water partition coefficient (Wildman–Crippen LogP) is 6.69. The van der Waals surface area contributed by atoms with Crippen LogP contribution in [0.3, 0.4) is 0 Å². The van der Waals surface area contributed by atoms with Crippen molar-refractivity contribution in [1.29, 1.82) is 0 Å². The van der Waals surface area contributed by atoms with Crippen molar-refractivity contribution in [2.75, 3.05) is 6.54 Å². The van der Waals surface area contributed by atoms with Gasteiger partial charge in [0.2, 0.25) is 0 Å². The predicted molar refractivity (Wildman–Crippen MR) is 104 cm³/mol. The van der Waals surface area contributed by atoms with Crippen molar-refractivity contribution in [1.82, 2.24) is 4.98 Å². The molecule has 0 radical (unpaired) electrons. The van der Waals surface area contributed by atoms with Gasteiger partial charge in [0, 0.05) is 40.3 Å². The highest BCUT2D eigenvalue weighted by Gasteiger charge is 2.57. The van der Waals surface area contributed by atoms with Crippen molar-refractivity contribution in [2.24, 2.45) is 4.99 Å². The summed E-state index contributed by atoms with van der Waals surface area (Å²) in [6.45, 7) is 0.0888. The van der Waals surface area contributed by atoms with Crippen molar-refractivity contribution in [3.8, 4) is 0 Å². The lowest BCUT2D eigenvalue weighted by Crippen LogP contribution is -2.46. The summed E-state index contributed by atoms with van der Waals surface area (Å²) >= 11 is 13.4. The van der Waals surface area contributed by atoms with Crippen LogP contribution >= 0.6 is 34.5 Å². The van der Waals surface area contributed by atoms with E-state index in [-0.39, 0.29) is 35.0 Å². The number of benzene rings is 1. The molecule has 0 fully saturated rings. The van der Waals surface area contributed by atoms with Gasteiger partial charge in [0.25, 0.3) is 0 Å². The van der Waals surface area contributed by atoms with Crippen molar-refractivity contribution in [2.45, 2.75) is 24.4 Å². The van der Waals surface area contributed by atoms with E-state index in [4.69, 9.17) is 23.2 Å². The molecule has 27 heavy (non-hydrogen) atoms. The average Bonchev–Trinajstić information content (AvgIpc) is 3.04. The quantitative estimate of drug-likeness (QED) is 0.446. The monoisotopic (exact) mass is 428 g/mol. The molecule has 2 nitrogen and oxygen atoms in total. The standard InChI is InChI=1S/C19H13Cl2F3N2S/c20-13-6-12(7-14(21)8-13)18(19(22,23)24)2-4-26-15(9-18)16-5-11-1-3-25-10-17(11)27-16/h1,3,5-8,10H,2,4,9H2. The number of pyridine rings is 1. The van der Waals surface area contributed by atoms with Gasteiger partial charge < -0.3 is 0 Å². The molecule has 1 aromatic carbocycles. The fourth-order valence-electron chi connectivity index (χ4n) is 3.49. The zero-order valence-electron chi connectivity index (χ0n) is 13.9. The maximum atomic E-state index is 14.3. The molecule has 3 heterocycles. The Kier molecular flexibility index (Phi) is 4.69. The van der Waals surface area contributed by atoms with Gasteiger partial charge in [-0.25, -0.2) is 0 Å². The van der Waals surface area contributed by atoms with E-state index in [1.807, 2.05) is 12.1 Å². The summed E-state index contributed by atoms with van der Waals surface area (Å²) in [5.41, 5.74) is -1.52. The molecule has 1 aliphatic heterocycles. The zero-order valence-corrected chi connectivity index (χ0v) is 16.2. The molecule has 0 amide bonds. The third-order valence-corrected chi connectivity index (χ3v) is 6.45. The molecule has 0 bridgehead atoms. The number of rotatable bonds is 2. The number of fused-ring (bicyclic) bond motifs is 1. The molecule has 2 aromatic heterocycles. The van der Waals surface area contributed by atoms with Gasteiger partial charge in [-0.3, -0.25) is 9.98 Å². The summed E-state index contributed by atoms with van der Waals surface area (Å²) in [4.78, 5) is 9.22. The molecule has 8 heteroatoms. The van der Waals surface area contributed by atoms with Crippen LogP contribution in [0.1, 0.15) is 23.3 Å². The third-order valence-electron chi connectivity index (χ3n) is 4.88. The number of aromatic nitrogens is 1. The molecule has 0 aliphatic carbocycles. The van der Waals surface area contributed by atoms with E-state index in [0.717, 1.165) is 15.0 Å². The summed E-state index contributed by atoms with van der Waals surface area (Å²) in [5, 5.41) is 1.33. The Morgan fingerprint density at radius 3 is 2.48 bits per heavy atom. The van der Waals surface area contributed by atoms with Crippen LogP contribution in [0.5, 0.6) is 0 Å². The Morgan fingerprint density at radius 1 is 1.07 bits per heavy atom. The number of hydrogen-bond donors (Lipinski definition) is 0. The molecular weight excluding hydrogens is 416 g/mol. The number of alkyl halides is 3. The van der Waals surface area contributed by atoms with Crippen LogP contribution in [-0.4, -0.2) is 23.4 Å². The zero-order chi connectivity index (χ0) is 19.2. The highest BCUT2D eigenvalue weighted by Crippen LogP contribution is 2.50. The lowest BCUT2D eigenvalue weighted by Gasteiger charge is -2.39. The number of aliphatic imine (C=N–C) groups is 1. The van der Waals surface area contributed by atoms with Crippen LogP contribution in [0.15, 0.2) is 47.7 Å². The maximum absolute atomic E-state index is 14.3. The maximum Gasteiger partial charge on any atom is 0.398 e. The second-order valence-electron chi connectivity index (χ2n) is 6.52. The Labute approximate surface area is 167 Å². The first kappa shape index (κ1) is 18.7. The summed E-state index contributed by atoms with van der Waals surface area (Å²) in [6, 6.07) is 7.87. The Bertz CT molecular complexity index is 992. The minimum atomic E-state index is -4.46. The van der Waals surface area contributed by atoms with Crippen molar-refractivity contribution < 1.29 is 13.2 Å². The SMILES string of the molecule is FC(F)(F)C1(c2cc(Cl)cc(Cl)c2)CCN=C(c2cc3ccncc3s2)C1. The van der Waals surface area contributed by atoms with Gasteiger partial charge in [-0.15, -0.1) is 11.3 Å². The van der Waals surface area contributed by atoms with Crippen LogP contribution in [0.2, 0.25) is 10.0 Å². The summed E-state index contributed by atoms with van der Waals surface area (Å²) in [5.74, 6) is 0. The summed E-state index contributed by atoms with van der Waals surface area (Å²) < 4.78 is 43.8. The molecule has 140 valence electrons. The van der Waals surface area contributed by atoms with E-state index in [0.29, 0.717) is 5.71 Å². The summed E-state index contributed by atoms with van der Waals surface area (Å²) in [6.07, 6.45) is -1.47. The Morgan fingerprint density at radius 2 is 1.81 bits per heavy atom. The molecule has 4 rings (SSSR count). The van der Waals surface area contributed by atoms with Gasteiger partial charge in [-0.05, 0) is 47.7 Å². The second kappa shape index (κ2) is 6.76. The van der Waals surface area contributed by atoms with E-state index < -0.39 is 11.6 Å². The molecule has 0 saturated heterocycles. The van der Waals surface area contributed by atoms with Crippen LogP contribution in [-0.2, 0) is 5.41 Å². The van der Waals surface area contributed by atoms with E-state index in [1.54, 1.807) is 12.4 Å².